The molecule has 0 unspecified atom stereocenters. The fourth-order valence-corrected chi connectivity index (χ4v) is 4.52. The number of amides is 1. The maximum absolute atomic E-state index is 11.9. The first kappa shape index (κ1) is 22.0. The highest BCUT2D eigenvalue weighted by atomic mass is 32.1. The van der Waals surface area contributed by atoms with E-state index in [9.17, 15) is 4.79 Å². The van der Waals surface area contributed by atoms with Gasteiger partial charge in [-0.1, -0.05) is 6.07 Å². The quantitative estimate of drug-likeness (QED) is 0.532. The summed E-state index contributed by atoms with van der Waals surface area (Å²) in [4.78, 5) is 18.7. The highest BCUT2D eigenvalue weighted by molar-refractivity contribution is 7.80. The lowest BCUT2D eigenvalue weighted by Gasteiger charge is -2.29. The Balaban J connectivity index is 1.74. The van der Waals surface area contributed by atoms with Crippen LogP contribution in [0.3, 0.4) is 0 Å². The number of hydrogen-bond donors (Lipinski definition) is 2. The number of nitrogens with one attached hydrogen (secondary N) is 2. The van der Waals surface area contributed by atoms with E-state index in [-0.39, 0.29) is 24.6 Å². The van der Waals surface area contributed by atoms with Crippen molar-refractivity contribution in [2.75, 3.05) is 23.9 Å². The summed E-state index contributed by atoms with van der Waals surface area (Å²) in [5, 5.41) is 7.02. The van der Waals surface area contributed by atoms with E-state index in [1.54, 1.807) is 6.20 Å². The molecule has 32 heavy (non-hydrogen) atoms. The predicted octanol–water partition coefficient (Wildman–Crippen LogP) is 3.97. The molecule has 1 amide bonds. The molecular formula is C24H27N5O2S. The lowest BCUT2D eigenvalue weighted by Crippen LogP contribution is -2.30. The molecule has 0 spiro atoms. The molecule has 0 aliphatic carbocycles. The van der Waals surface area contributed by atoms with Gasteiger partial charge in [0.2, 0.25) is 5.91 Å². The fourth-order valence-electron chi connectivity index (χ4n) is 4.17. The highest BCUT2D eigenvalue weighted by Gasteiger charge is 2.42. The van der Waals surface area contributed by atoms with E-state index in [0.717, 1.165) is 34.9 Å². The Labute approximate surface area is 193 Å². The number of aryl methyl sites for hydroxylation is 2. The van der Waals surface area contributed by atoms with Gasteiger partial charge in [-0.15, -0.1) is 0 Å². The summed E-state index contributed by atoms with van der Waals surface area (Å²) in [6, 6.07) is 15.9. The van der Waals surface area contributed by atoms with Crippen molar-refractivity contribution in [1.29, 1.82) is 0 Å². The molecule has 1 fully saturated rings. The van der Waals surface area contributed by atoms with Crippen molar-refractivity contribution in [3.05, 3.63) is 77.9 Å². The van der Waals surface area contributed by atoms with Crippen LogP contribution in [-0.4, -0.2) is 34.3 Å². The normalized spacial score (nSPS) is 18.0. The Bertz CT molecular complexity index is 1110. The Morgan fingerprint density at radius 2 is 2.09 bits per heavy atom. The standard InChI is InChI=1S/C24H27N5O2S/c1-4-28-13-7-9-20(28)23-22(19-8-5-6-12-25-19)27-24(32)29(23)17-10-11-18(16(2)14-17)26-21(30)15-31-3/h5-14,22-23H,4,15H2,1-3H3,(H,26,30)(H,27,32)/t22-,23+/m0/s1. The molecule has 0 saturated carbocycles. The van der Waals surface area contributed by atoms with Crippen LogP contribution in [0.2, 0.25) is 0 Å². The van der Waals surface area contributed by atoms with Crippen LogP contribution in [0.15, 0.2) is 60.9 Å². The van der Waals surface area contributed by atoms with E-state index < -0.39 is 0 Å². The van der Waals surface area contributed by atoms with E-state index in [2.05, 4.69) is 50.3 Å². The molecule has 0 radical (unpaired) electrons. The molecule has 0 bridgehead atoms. The predicted molar refractivity (Wildman–Crippen MR) is 130 cm³/mol. The van der Waals surface area contributed by atoms with Gasteiger partial charge in [0.05, 0.1) is 11.7 Å². The molecule has 7 nitrogen and oxygen atoms in total. The Kier molecular flexibility index (Phi) is 6.53. The number of methoxy groups -OCH3 is 1. The summed E-state index contributed by atoms with van der Waals surface area (Å²) in [6.45, 7) is 4.98. The van der Waals surface area contributed by atoms with Crippen molar-refractivity contribution in [3.63, 3.8) is 0 Å². The lowest BCUT2D eigenvalue weighted by molar-refractivity contribution is -0.119. The second kappa shape index (κ2) is 9.50. The fraction of sp³-hybridized carbons (Fsp3) is 0.292. The number of carbonyl (C=O) groups is 1. The third-order valence-electron chi connectivity index (χ3n) is 5.64. The number of thiocarbonyl (C=S) groups is 1. The van der Waals surface area contributed by atoms with Gasteiger partial charge in [0.1, 0.15) is 12.6 Å². The van der Waals surface area contributed by atoms with Crippen molar-refractivity contribution in [2.45, 2.75) is 32.5 Å². The molecule has 2 atom stereocenters. The van der Waals surface area contributed by atoms with Gasteiger partial charge in [-0.05, 0) is 74.1 Å². The molecule has 1 aromatic carbocycles. The summed E-state index contributed by atoms with van der Waals surface area (Å²) in [5.74, 6) is -0.185. The molecule has 2 aromatic heterocycles. The summed E-state index contributed by atoms with van der Waals surface area (Å²) < 4.78 is 7.14. The largest absolute Gasteiger partial charge is 0.375 e. The average Bonchev–Trinajstić information content (AvgIpc) is 3.39. The zero-order valence-electron chi connectivity index (χ0n) is 18.4. The van der Waals surface area contributed by atoms with Crippen molar-refractivity contribution in [1.82, 2.24) is 14.9 Å². The minimum atomic E-state index is -0.185. The summed E-state index contributed by atoms with van der Waals surface area (Å²) >= 11 is 5.80. The molecule has 2 N–H and O–H groups in total. The number of benzene rings is 1. The molecule has 1 aliphatic rings. The molecule has 1 aliphatic heterocycles. The van der Waals surface area contributed by atoms with Crippen LogP contribution in [0.4, 0.5) is 11.4 Å². The zero-order valence-corrected chi connectivity index (χ0v) is 19.2. The van der Waals surface area contributed by atoms with Crippen LogP contribution in [-0.2, 0) is 16.1 Å². The monoisotopic (exact) mass is 449 g/mol. The number of pyridine rings is 1. The van der Waals surface area contributed by atoms with Crippen LogP contribution in [0, 0.1) is 6.92 Å². The number of hydrogen-bond acceptors (Lipinski definition) is 4. The van der Waals surface area contributed by atoms with E-state index in [0.29, 0.717) is 5.11 Å². The number of anilines is 2. The van der Waals surface area contributed by atoms with Crippen LogP contribution in [0.5, 0.6) is 0 Å². The van der Waals surface area contributed by atoms with Crippen molar-refractivity contribution in [2.24, 2.45) is 0 Å². The summed E-state index contributed by atoms with van der Waals surface area (Å²) in [7, 11) is 1.50. The average molecular weight is 450 g/mol. The van der Waals surface area contributed by atoms with Crippen LogP contribution < -0.4 is 15.5 Å². The maximum Gasteiger partial charge on any atom is 0.250 e. The lowest BCUT2D eigenvalue weighted by atomic mass is 10.0. The SMILES string of the molecule is CCn1cccc1[C@@H]1[C@H](c2ccccn2)NC(=S)N1c1ccc(NC(=O)COC)c(C)c1. The highest BCUT2D eigenvalue weighted by Crippen LogP contribution is 2.42. The van der Waals surface area contributed by atoms with Gasteiger partial charge in [-0.25, -0.2) is 0 Å². The number of carbonyl (C=O) groups excluding carboxylic acids is 1. The number of aromatic nitrogens is 2. The minimum absolute atomic E-state index is 0.0170. The number of nitrogens with zero attached hydrogens (tertiary/aromatic N) is 3. The maximum atomic E-state index is 11.9. The molecule has 166 valence electrons. The zero-order chi connectivity index (χ0) is 22.7. The van der Waals surface area contributed by atoms with Gasteiger partial charge in [0.15, 0.2) is 5.11 Å². The second-order valence-electron chi connectivity index (χ2n) is 7.70. The molecule has 4 rings (SSSR count). The van der Waals surface area contributed by atoms with Gasteiger partial charge in [0.25, 0.3) is 0 Å². The molecule has 3 aromatic rings. The first-order chi connectivity index (χ1) is 15.5. The van der Waals surface area contributed by atoms with Crippen molar-refractivity contribution < 1.29 is 9.53 Å². The van der Waals surface area contributed by atoms with Crippen molar-refractivity contribution in [3.8, 4) is 0 Å². The van der Waals surface area contributed by atoms with Crippen LogP contribution in [0.1, 0.15) is 36.0 Å². The molecular weight excluding hydrogens is 422 g/mol. The Hall–Kier alpha value is -3.23. The van der Waals surface area contributed by atoms with Gasteiger partial charge in [0, 0.05) is 43.1 Å². The molecule has 8 heteroatoms. The second-order valence-corrected chi connectivity index (χ2v) is 8.08. The molecule has 3 heterocycles. The smallest absolute Gasteiger partial charge is 0.250 e. The van der Waals surface area contributed by atoms with Gasteiger partial charge in [-0.3, -0.25) is 9.78 Å². The Morgan fingerprint density at radius 3 is 2.78 bits per heavy atom. The van der Waals surface area contributed by atoms with Gasteiger partial charge in [-0.2, -0.15) is 0 Å². The first-order valence-corrected chi connectivity index (χ1v) is 11.0. The van der Waals surface area contributed by atoms with Gasteiger partial charge < -0.3 is 24.8 Å². The summed E-state index contributed by atoms with van der Waals surface area (Å²) in [5.41, 5.74) is 4.75. The topological polar surface area (TPSA) is 71.4 Å². The van der Waals surface area contributed by atoms with E-state index >= 15 is 0 Å². The number of rotatable bonds is 7. The van der Waals surface area contributed by atoms with E-state index in [1.165, 1.54) is 7.11 Å². The number of ether oxygens (including phenoxy) is 1. The van der Waals surface area contributed by atoms with Crippen molar-refractivity contribution >= 4 is 34.6 Å². The third-order valence-corrected chi connectivity index (χ3v) is 5.96. The van der Waals surface area contributed by atoms with Gasteiger partial charge >= 0.3 is 0 Å². The first-order valence-electron chi connectivity index (χ1n) is 10.6. The van der Waals surface area contributed by atoms with Crippen LogP contribution >= 0.6 is 12.2 Å². The van der Waals surface area contributed by atoms with E-state index in [1.807, 2.05) is 43.3 Å². The molecule has 1 saturated heterocycles. The third kappa shape index (κ3) is 4.24. The van der Waals surface area contributed by atoms with E-state index in [4.69, 9.17) is 17.0 Å². The summed E-state index contributed by atoms with van der Waals surface area (Å²) in [6.07, 6.45) is 3.89. The minimum Gasteiger partial charge on any atom is -0.375 e. The van der Waals surface area contributed by atoms with Crippen LogP contribution in [0.25, 0.3) is 0 Å². The Morgan fingerprint density at radius 1 is 1.25 bits per heavy atom.